The number of aryl methyl sites for hydroxylation is 1. The monoisotopic (exact) mass is 170 g/mol. The SMILES string of the molecule is CCCNc1scnc1CC. The number of nitrogens with zero attached hydrogens (tertiary/aromatic N) is 1. The summed E-state index contributed by atoms with van der Waals surface area (Å²) in [5.41, 5.74) is 3.10. The molecule has 1 heterocycles. The molecule has 3 heteroatoms. The summed E-state index contributed by atoms with van der Waals surface area (Å²) >= 11 is 1.69. The van der Waals surface area contributed by atoms with E-state index in [4.69, 9.17) is 0 Å². The average molecular weight is 170 g/mol. The van der Waals surface area contributed by atoms with Crippen molar-refractivity contribution in [2.24, 2.45) is 0 Å². The fraction of sp³-hybridized carbons (Fsp3) is 0.625. The molecule has 0 saturated heterocycles. The Balaban J connectivity index is 2.54. The van der Waals surface area contributed by atoms with E-state index in [1.807, 2.05) is 5.51 Å². The molecular weight excluding hydrogens is 156 g/mol. The summed E-state index contributed by atoms with van der Waals surface area (Å²) in [5, 5.41) is 4.59. The Morgan fingerprint density at radius 1 is 1.55 bits per heavy atom. The van der Waals surface area contributed by atoms with Crippen molar-refractivity contribution in [1.29, 1.82) is 0 Å². The standard InChI is InChI=1S/C8H14N2S/c1-3-5-9-8-7(4-2)10-6-11-8/h6,9H,3-5H2,1-2H3. The van der Waals surface area contributed by atoms with E-state index in [-0.39, 0.29) is 0 Å². The maximum absolute atomic E-state index is 4.24. The first-order chi connectivity index (χ1) is 5.38. The molecule has 0 amide bonds. The van der Waals surface area contributed by atoms with Gasteiger partial charge in [-0.1, -0.05) is 13.8 Å². The van der Waals surface area contributed by atoms with Gasteiger partial charge in [0.1, 0.15) is 5.00 Å². The molecule has 0 atom stereocenters. The van der Waals surface area contributed by atoms with Crippen LogP contribution < -0.4 is 5.32 Å². The number of aromatic nitrogens is 1. The van der Waals surface area contributed by atoms with Crippen LogP contribution in [0.15, 0.2) is 5.51 Å². The van der Waals surface area contributed by atoms with Crippen molar-refractivity contribution in [2.45, 2.75) is 26.7 Å². The first kappa shape index (κ1) is 8.53. The van der Waals surface area contributed by atoms with Gasteiger partial charge in [-0.05, 0) is 12.8 Å². The van der Waals surface area contributed by atoms with Gasteiger partial charge in [-0.15, -0.1) is 11.3 Å². The van der Waals surface area contributed by atoms with Crippen LogP contribution >= 0.6 is 11.3 Å². The minimum absolute atomic E-state index is 1.02. The highest BCUT2D eigenvalue weighted by atomic mass is 32.1. The summed E-state index contributed by atoms with van der Waals surface area (Å²) in [5.74, 6) is 0. The summed E-state index contributed by atoms with van der Waals surface area (Å²) in [6.07, 6.45) is 2.19. The molecule has 0 bridgehead atoms. The molecule has 0 aromatic carbocycles. The van der Waals surface area contributed by atoms with Crippen LogP contribution in [0.2, 0.25) is 0 Å². The van der Waals surface area contributed by atoms with Crippen LogP contribution in [0.4, 0.5) is 5.00 Å². The number of hydrogen-bond acceptors (Lipinski definition) is 3. The van der Waals surface area contributed by atoms with Gasteiger partial charge >= 0.3 is 0 Å². The first-order valence-electron chi connectivity index (χ1n) is 4.04. The normalized spacial score (nSPS) is 10.0. The van der Waals surface area contributed by atoms with Crippen LogP contribution in [-0.2, 0) is 6.42 Å². The molecule has 1 aromatic rings. The van der Waals surface area contributed by atoms with Crippen LogP contribution in [0.25, 0.3) is 0 Å². The second-order valence-corrected chi connectivity index (χ2v) is 3.26. The summed E-state index contributed by atoms with van der Waals surface area (Å²) in [7, 11) is 0. The van der Waals surface area contributed by atoms with E-state index in [2.05, 4.69) is 24.1 Å². The molecule has 0 unspecified atom stereocenters. The number of hydrogen-bond donors (Lipinski definition) is 1. The van der Waals surface area contributed by atoms with Gasteiger partial charge in [0, 0.05) is 6.54 Å². The lowest BCUT2D eigenvalue weighted by molar-refractivity contribution is 0.971. The molecule has 0 spiro atoms. The Labute approximate surface area is 71.7 Å². The van der Waals surface area contributed by atoms with E-state index < -0.39 is 0 Å². The van der Waals surface area contributed by atoms with Gasteiger partial charge in [0.15, 0.2) is 0 Å². The fourth-order valence-electron chi connectivity index (χ4n) is 0.903. The predicted octanol–water partition coefficient (Wildman–Crippen LogP) is 2.53. The third-order valence-corrected chi connectivity index (χ3v) is 2.34. The van der Waals surface area contributed by atoms with Gasteiger partial charge in [0.05, 0.1) is 11.2 Å². The Bertz CT molecular complexity index is 208. The average Bonchev–Trinajstić information content (AvgIpc) is 2.47. The largest absolute Gasteiger partial charge is 0.375 e. The number of rotatable bonds is 4. The Morgan fingerprint density at radius 3 is 3.00 bits per heavy atom. The third-order valence-electron chi connectivity index (χ3n) is 1.51. The van der Waals surface area contributed by atoms with E-state index in [9.17, 15) is 0 Å². The highest BCUT2D eigenvalue weighted by Gasteiger charge is 2.00. The van der Waals surface area contributed by atoms with Gasteiger partial charge in [-0.2, -0.15) is 0 Å². The zero-order chi connectivity index (χ0) is 8.10. The van der Waals surface area contributed by atoms with Crippen molar-refractivity contribution < 1.29 is 0 Å². The molecule has 0 fully saturated rings. The summed E-state index contributed by atoms with van der Waals surface area (Å²) in [6.45, 7) is 5.35. The Hall–Kier alpha value is -0.570. The number of nitrogens with one attached hydrogen (secondary N) is 1. The van der Waals surface area contributed by atoms with E-state index in [0.29, 0.717) is 0 Å². The molecule has 62 valence electrons. The smallest absolute Gasteiger partial charge is 0.112 e. The molecule has 0 saturated carbocycles. The summed E-state index contributed by atoms with van der Waals surface area (Å²) in [6, 6.07) is 0. The molecule has 1 aromatic heterocycles. The molecule has 1 rings (SSSR count). The second kappa shape index (κ2) is 4.34. The zero-order valence-electron chi connectivity index (χ0n) is 7.05. The van der Waals surface area contributed by atoms with Gasteiger partial charge in [0.2, 0.25) is 0 Å². The van der Waals surface area contributed by atoms with Crippen molar-refractivity contribution >= 4 is 16.3 Å². The minimum Gasteiger partial charge on any atom is -0.375 e. The van der Waals surface area contributed by atoms with E-state index in [1.54, 1.807) is 11.3 Å². The molecule has 2 nitrogen and oxygen atoms in total. The van der Waals surface area contributed by atoms with Crippen LogP contribution in [0, 0.1) is 0 Å². The van der Waals surface area contributed by atoms with E-state index >= 15 is 0 Å². The molecule has 0 aliphatic heterocycles. The van der Waals surface area contributed by atoms with Crippen LogP contribution in [-0.4, -0.2) is 11.5 Å². The van der Waals surface area contributed by atoms with Gasteiger partial charge in [0.25, 0.3) is 0 Å². The van der Waals surface area contributed by atoms with Crippen LogP contribution in [0.1, 0.15) is 26.0 Å². The van der Waals surface area contributed by atoms with Crippen molar-refractivity contribution in [3.63, 3.8) is 0 Å². The second-order valence-electron chi connectivity index (χ2n) is 2.41. The van der Waals surface area contributed by atoms with Gasteiger partial charge in [-0.25, -0.2) is 4.98 Å². The highest BCUT2D eigenvalue weighted by molar-refractivity contribution is 7.14. The minimum atomic E-state index is 1.02. The van der Waals surface area contributed by atoms with Crippen molar-refractivity contribution in [2.75, 3.05) is 11.9 Å². The van der Waals surface area contributed by atoms with Crippen LogP contribution in [0.5, 0.6) is 0 Å². The molecular formula is C8H14N2S. The highest BCUT2D eigenvalue weighted by Crippen LogP contribution is 2.19. The molecule has 0 radical (unpaired) electrons. The molecule has 0 aliphatic rings. The van der Waals surface area contributed by atoms with Crippen molar-refractivity contribution in [3.05, 3.63) is 11.2 Å². The van der Waals surface area contributed by atoms with E-state index in [1.165, 1.54) is 17.1 Å². The number of anilines is 1. The topological polar surface area (TPSA) is 24.9 Å². The Kier molecular flexibility index (Phi) is 3.36. The quantitative estimate of drug-likeness (QED) is 0.751. The summed E-state index contributed by atoms with van der Waals surface area (Å²) < 4.78 is 0. The Morgan fingerprint density at radius 2 is 2.36 bits per heavy atom. The van der Waals surface area contributed by atoms with Crippen molar-refractivity contribution in [1.82, 2.24) is 4.98 Å². The lowest BCUT2D eigenvalue weighted by atomic mass is 10.3. The molecule has 0 aliphatic carbocycles. The third kappa shape index (κ3) is 2.19. The lowest BCUT2D eigenvalue weighted by Gasteiger charge is -2.01. The zero-order valence-corrected chi connectivity index (χ0v) is 7.87. The first-order valence-corrected chi connectivity index (χ1v) is 4.92. The number of thiazole rings is 1. The van der Waals surface area contributed by atoms with Crippen LogP contribution in [0.3, 0.4) is 0 Å². The lowest BCUT2D eigenvalue weighted by Crippen LogP contribution is -1.99. The summed E-state index contributed by atoms with van der Waals surface area (Å²) in [4.78, 5) is 4.24. The van der Waals surface area contributed by atoms with Gasteiger partial charge in [-0.3, -0.25) is 0 Å². The molecule has 1 N–H and O–H groups in total. The van der Waals surface area contributed by atoms with E-state index in [0.717, 1.165) is 13.0 Å². The predicted molar refractivity (Wildman–Crippen MR) is 50.3 cm³/mol. The fourth-order valence-corrected chi connectivity index (χ4v) is 1.71. The maximum Gasteiger partial charge on any atom is 0.112 e. The maximum atomic E-state index is 4.24. The molecule has 11 heavy (non-hydrogen) atoms. The van der Waals surface area contributed by atoms with Gasteiger partial charge < -0.3 is 5.32 Å². The van der Waals surface area contributed by atoms with Crippen molar-refractivity contribution in [3.8, 4) is 0 Å².